The van der Waals surface area contributed by atoms with Gasteiger partial charge in [-0.1, -0.05) is 40.5 Å². The lowest BCUT2D eigenvalue weighted by molar-refractivity contribution is -0.230. The molecule has 0 aromatic carbocycles. The topological polar surface area (TPSA) is 121 Å². The Morgan fingerprint density at radius 2 is 1.45 bits per heavy atom. The van der Waals surface area contributed by atoms with Crippen molar-refractivity contribution in [2.45, 2.75) is 110 Å². The highest BCUT2D eigenvalue weighted by Crippen LogP contribution is 2.68. The second-order valence-electron chi connectivity index (χ2n) is 13.0. The predicted octanol–water partition coefficient (Wildman–Crippen LogP) is 2.32. The van der Waals surface area contributed by atoms with Gasteiger partial charge in [0.25, 0.3) is 0 Å². The van der Waals surface area contributed by atoms with Crippen LogP contribution in [0.3, 0.4) is 0 Å². The molecule has 0 spiro atoms. The fourth-order valence-electron chi connectivity index (χ4n) is 9.40. The number of hydrogen-bond donors (Lipinski definition) is 6. The monoisotopic (exact) mass is 468 g/mol. The zero-order valence-electron chi connectivity index (χ0n) is 21.0. The Kier molecular flexibility index (Phi) is 7.30. The van der Waals surface area contributed by atoms with Gasteiger partial charge in [-0.3, -0.25) is 0 Å². The quantitative estimate of drug-likeness (QED) is 0.356. The minimum Gasteiger partial charge on any atom is -0.396 e. The summed E-state index contributed by atoms with van der Waals surface area (Å²) in [5, 5.41) is 64.8. The molecule has 0 aromatic rings. The molecule has 4 saturated carbocycles. The maximum absolute atomic E-state index is 11.4. The van der Waals surface area contributed by atoms with Gasteiger partial charge in [0.05, 0.1) is 30.5 Å². The van der Waals surface area contributed by atoms with E-state index >= 15 is 0 Å². The van der Waals surface area contributed by atoms with E-state index in [1.165, 1.54) is 0 Å². The first kappa shape index (κ1) is 25.8. The predicted molar refractivity (Wildman–Crippen MR) is 126 cm³/mol. The van der Waals surface area contributed by atoms with Crippen molar-refractivity contribution in [1.82, 2.24) is 0 Å². The van der Waals surface area contributed by atoms with E-state index in [9.17, 15) is 30.6 Å². The van der Waals surface area contributed by atoms with E-state index in [0.717, 1.165) is 44.9 Å². The van der Waals surface area contributed by atoms with Crippen molar-refractivity contribution in [3.8, 4) is 0 Å². The zero-order chi connectivity index (χ0) is 24.3. The van der Waals surface area contributed by atoms with Crippen LogP contribution in [0.2, 0.25) is 0 Å². The summed E-state index contributed by atoms with van der Waals surface area (Å²) in [5.41, 5.74) is -0.460. The number of fused-ring (bicyclic) bond motifs is 5. The first-order chi connectivity index (χ1) is 15.5. The minimum atomic E-state index is -0.940. The van der Waals surface area contributed by atoms with Crippen LogP contribution in [-0.4, -0.2) is 67.8 Å². The molecule has 0 heterocycles. The molecule has 0 amide bonds. The van der Waals surface area contributed by atoms with Gasteiger partial charge in [0.2, 0.25) is 0 Å². The molecule has 6 nitrogen and oxygen atoms in total. The van der Waals surface area contributed by atoms with Crippen LogP contribution in [0.4, 0.5) is 0 Å². The molecular formula is C27H48O6. The molecule has 4 aliphatic carbocycles. The smallest absolute Gasteiger partial charge is 0.0839 e. The molecule has 0 bridgehead atoms. The summed E-state index contributed by atoms with van der Waals surface area (Å²) >= 11 is 0. The maximum atomic E-state index is 11.4. The fourth-order valence-corrected chi connectivity index (χ4v) is 9.40. The van der Waals surface area contributed by atoms with Crippen molar-refractivity contribution in [1.29, 1.82) is 0 Å². The van der Waals surface area contributed by atoms with Crippen molar-refractivity contribution < 1.29 is 30.6 Å². The molecule has 192 valence electrons. The van der Waals surface area contributed by atoms with Crippen molar-refractivity contribution in [2.75, 3.05) is 6.61 Å². The van der Waals surface area contributed by atoms with Crippen LogP contribution in [-0.2, 0) is 0 Å². The summed E-state index contributed by atoms with van der Waals surface area (Å²) < 4.78 is 0. The third-order valence-electron chi connectivity index (χ3n) is 11.2. The van der Waals surface area contributed by atoms with Crippen LogP contribution < -0.4 is 0 Å². The van der Waals surface area contributed by atoms with E-state index in [1.807, 2.05) is 6.92 Å². The van der Waals surface area contributed by atoms with E-state index in [2.05, 4.69) is 20.8 Å². The lowest BCUT2D eigenvalue weighted by Gasteiger charge is -2.63. The Morgan fingerprint density at radius 1 is 0.788 bits per heavy atom. The first-order valence-electron chi connectivity index (χ1n) is 13.5. The average Bonchev–Trinajstić information content (AvgIpc) is 2.98. The highest BCUT2D eigenvalue weighted by Gasteiger charge is 2.69. The van der Waals surface area contributed by atoms with Gasteiger partial charge in [0, 0.05) is 6.61 Å². The minimum absolute atomic E-state index is 0.0501. The van der Waals surface area contributed by atoms with Crippen LogP contribution >= 0.6 is 0 Å². The molecule has 6 N–H and O–H groups in total. The standard InChI is InChI=1S/C27H48O6/c1-14(13-28)6-5-7-15(2)20-24(32)25(33)21-19-17(9-11-27(20,21)4)26(3)10-8-16(29)12-18(26)22(30)23(19)31/h14-25,28-33H,5-13H2,1-4H3/t14-,15+,16-,17+,18+,19+,20+,21+,22-,23-,24+,25+,26-,27+/m0/s1. The van der Waals surface area contributed by atoms with Crippen molar-refractivity contribution >= 4 is 0 Å². The summed E-state index contributed by atoms with van der Waals surface area (Å²) in [6.07, 6.45) is 2.78. The van der Waals surface area contributed by atoms with Gasteiger partial charge in [0.1, 0.15) is 0 Å². The molecule has 14 atom stereocenters. The van der Waals surface area contributed by atoms with Crippen LogP contribution in [0.1, 0.15) is 79.1 Å². The van der Waals surface area contributed by atoms with Gasteiger partial charge < -0.3 is 30.6 Å². The van der Waals surface area contributed by atoms with Crippen molar-refractivity contribution in [3.63, 3.8) is 0 Å². The van der Waals surface area contributed by atoms with Crippen LogP contribution in [0.25, 0.3) is 0 Å². The summed E-state index contributed by atoms with van der Waals surface area (Å²) in [4.78, 5) is 0. The summed E-state index contributed by atoms with van der Waals surface area (Å²) in [5.74, 6) is 0.00526. The average molecular weight is 469 g/mol. The van der Waals surface area contributed by atoms with Gasteiger partial charge >= 0.3 is 0 Å². The second-order valence-corrected chi connectivity index (χ2v) is 13.0. The fraction of sp³-hybridized carbons (Fsp3) is 1.00. The van der Waals surface area contributed by atoms with Gasteiger partial charge in [-0.15, -0.1) is 0 Å². The largest absolute Gasteiger partial charge is 0.396 e. The maximum Gasteiger partial charge on any atom is 0.0839 e. The molecule has 4 fully saturated rings. The van der Waals surface area contributed by atoms with Crippen molar-refractivity contribution in [2.24, 2.45) is 52.3 Å². The van der Waals surface area contributed by atoms with E-state index in [0.29, 0.717) is 6.42 Å². The normalized spacial score (nSPS) is 53.6. The molecule has 0 saturated heterocycles. The first-order valence-corrected chi connectivity index (χ1v) is 13.5. The molecule has 0 radical (unpaired) electrons. The molecular weight excluding hydrogens is 420 g/mol. The SMILES string of the molecule is C[C@H](CO)CCC[C@@H](C)[C@@H]1[C@@H](O)[C@H](O)[C@H]2[C@@H]3[C@H](O)[C@@H](O)[C@H]4C[C@@H](O)CC[C@@]4(C)[C@@H]3CC[C@@]21C. The van der Waals surface area contributed by atoms with Crippen molar-refractivity contribution in [3.05, 3.63) is 0 Å². The van der Waals surface area contributed by atoms with E-state index in [4.69, 9.17) is 0 Å². The van der Waals surface area contributed by atoms with Crippen LogP contribution in [0, 0.1) is 52.3 Å². The molecule has 4 aliphatic rings. The number of aliphatic hydroxyl groups excluding tert-OH is 6. The van der Waals surface area contributed by atoms with E-state index in [1.54, 1.807) is 0 Å². The Balaban J connectivity index is 1.60. The highest BCUT2D eigenvalue weighted by molar-refractivity contribution is 5.17. The Hall–Kier alpha value is -0.240. The number of hydrogen-bond acceptors (Lipinski definition) is 6. The lowest BCUT2D eigenvalue weighted by atomic mass is 9.43. The molecule has 33 heavy (non-hydrogen) atoms. The third kappa shape index (κ3) is 4.01. The molecule has 4 rings (SSSR count). The Morgan fingerprint density at radius 3 is 2.12 bits per heavy atom. The molecule has 6 heteroatoms. The van der Waals surface area contributed by atoms with Gasteiger partial charge in [-0.25, -0.2) is 0 Å². The van der Waals surface area contributed by atoms with Crippen LogP contribution in [0.15, 0.2) is 0 Å². The second kappa shape index (κ2) is 9.33. The summed E-state index contributed by atoms with van der Waals surface area (Å²) in [6, 6.07) is 0. The Labute approximate surface area is 199 Å². The highest BCUT2D eigenvalue weighted by atomic mass is 16.3. The number of aliphatic hydroxyl groups is 6. The molecule has 0 aromatic heterocycles. The van der Waals surface area contributed by atoms with Gasteiger partial charge in [-0.2, -0.15) is 0 Å². The number of rotatable bonds is 6. The van der Waals surface area contributed by atoms with E-state index < -0.39 is 30.5 Å². The molecule has 0 unspecified atom stereocenters. The third-order valence-corrected chi connectivity index (χ3v) is 11.2. The zero-order valence-corrected chi connectivity index (χ0v) is 21.0. The lowest BCUT2D eigenvalue weighted by Crippen LogP contribution is -2.65. The van der Waals surface area contributed by atoms with E-state index in [-0.39, 0.29) is 58.9 Å². The molecule has 0 aliphatic heterocycles. The van der Waals surface area contributed by atoms with Gasteiger partial charge in [-0.05, 0) is 90.8 Å². The van der Waals surface area contributed by atoms with Gasteiger partial charge in [0.15, 0.2) is 0 Å². The van der Waals surface area contributed by atoms with Crippen LogP contribution in [0.5, 0.6) is 0 Å². The summed E-state index contributed by atoms with van der Waals surface area (Å²) in [7, 11) is 0. The Bertz CT molecular complexity index is 688. The summed E-state index contributed by atoms with van der Waals surface area (Å²) in [6.45, 7) is 8.84.